The molecule has 2 fully saturated rings. The van der Waals surface area contributed by atoms with Gasteiger partial charge in [-0.3, -0.25) is 24.0 Å². The third-order valence-corrected chi connectivity index (χ3v) is 8.86. The molecule has 0 heterocycles. The first-order valence-corrected chi connectivity index (χ1v) is 13.8. The number of rotatable bonds is 9. The van der Waals surface area contributed by atoms with Crippen molar-refractivity contribution in [3.63, 3.8) is 0 Å². The minimum Gasteiger partial charge on any atom is -0.462 e. The molecule has 232 valence electrons. The molecule has 9 atom stereocenters. The van der Waals surface area contributed by atoms with E-state index in [2.05, 4.69) is 6.58 Å². The van der Waals surface area contributed by atoms with Gasteiger partial charge in [-0.05, 0) is 32.1 Å². The van der Waals surface area contributed by atoms with Crippen LogP contribution in [0.5, 0.6) is 0 Å². The van der Waals surface area contributed by atoms with Gasteiger partial charge in [0.2, 0.25) is 0 Å². The Hall–Kier alpha value is -2.95. The molecule has 0 bridgehead atoms. The summed E-state index contributed by atoms with van der Waals surface area (Å²) in [4.78, 5) is 61.5. The van der Waals surface area contributed by atoms with Crippen molar-refractivity contribution in [1.82, 2.24) is 0 Å². The predicted octanol–water partition coefficient (Wildman–Crippen LogP) is 3.43. The summed E-state index contributed by atoms with van der Waals surface area (Å²) in [7, 11) is 0. The van der Waals surface area contributed by atoms with E-state index in [1.807, 2.05) is 20.8 Å². The standard InChI is InChI=1S/C30H46O11/c1-12-29(10,36)24(39-18(4)33)13-23-28(9)14-22(38-17(3)32)26(40-19(5)34)27(7,8)25(28)21(37-16(2)31)15-30(23,11)41-20(6)35/h12,21-26,36H,1,13-15H2,2-11H3/t21-,22-,23-,24-,25+,26-,28-,29-,30-/m1/s1. The van der Waals surface area contributed by atoms with Crippen LogP contribution in [0, 0.1) is 22.7 Å². The average molecular weight is 583 g/mol. The normalized spacial score (nSPS) is 34.5. The quantitative estimate of drug-likeness (QED) is 0.242. The number of hydrogen-bond acceptors (Lipinski definition) is 11. The molecule has 0 aliphatic heterocycles. The van der Waals surface area contributed by atoms with Crippen molar-refractivity contribution >= 4 is 29.8 Å². The van der Waals surface area contributed by atoms with Gasteiger partial charge in [-0.25, -0.2) is 0 Å². The molecule has 2 aliphatic carbocycles. The number of carbonyl (C=O) groups excluding carboxylic acids is 5. The highest BCUT2D eigenvalue weighted by Crippen LogP contribution is 2.65. The van der Waals surface area contributed by atoms with Crippen LogP contribution in [0.2, 0.25) is 0 Å². The summed E-state index contributed by atoms with van der Waals surface area (Å²) in [5, 5.41) is 11.2. The number of ether oxygens (including phenoxy) is 5. The zero-order valence-corrected chi connectivity index (χ0v) is 25.9. The molecule has 0 amide bonds. The van der Waals surface area contributed by atoms with Crippen molar-refractivity contribution in [1.29, 1.82) is 0 Å². The maximum Gasteiger partial charge on any atom is 0.303 e. The molecule has 2 aliphatic rings. The first-order valence-electron chi connectivity index (χ1n) is 13.8. The second kappa shape index (κ2) is 12.1. The van der Waals surface area contributed by atoms with Gasteiger partial charge in [0.15, 0.2) is 0 Å². The van der Waals surface area contributed by atoms with E-state index < -0.39 is 88.1 Å². The van der Waals surface area contributed by atoms with E-state index >= 15 is 0 Å². The Labute approximate surface area is 242 Å². The molecule has 0 aromatic carbocycles. The first-order chi connectivity index (χ1) is 18.6. The van der Waals surface area contributed by atoms with Crippen LogP contribution in [-0.4, -0.2) is 70.6 Å². The van der Waals surface area contributed by atoms with Gasteiger partial charge in [-0.1, -0.05) is 26.8 Å². The fraction of sp³-hybridized carbons (Fsp3) is 0.767. The third kappa shape index (κ3) is 7.28. The SMILES string of the molecule is C=C[C@@](C)(O)[C@@H](C[C@@H]1[C@@]2(C)C[C@@H](OC(C)=O)[C@@H](OC(C)=O)C(C)(C)[C@@H]2[C@H](OC(C)=O)C[C@@]1(C)OC(C)=O)OC(C)=O. The largest absolute Gasteiger partial charge is 0.462 e. The first kappa shape index (κ1) is 34.3. The van der Waals surface area contributed by atoms with E-state index in [0.717, 1.165) is 0 Å². The molecule has 2 saturated carbocycles. The van der Waals surface area contributed by atoms with Gasteiger partial charge in [-0.2, -0.15) is 0 Å². The van der Waals surface area contributed by atoms with E-state index in [-0.39, 0.29) is 19.3 Å². The van der Waals surface area contributed by atoms with Crippen LogP contribution in [-0.2, 0) is 47.7 Å². The molecular formula is C30H46O11. The van der Waals surface area contributed by atoms with Crippen LogP contribution < -0.4 is 0 Å². The molecule has 0 saturated heterocycles. The van der Waals surface area contributed by atoms with E-state index in [9.17, 15) is 29.1 Å². The third-order valence-electron chi connectivity index (χ3n) is 8.86. The highest BCUT2D eigenvalue weighted by molar-refractivity contribution is 5.68. The summed E-state index contributed by atoms with van der Waals surface area (Å²) in [6, 6.07) is 0. The van der Waals surface area contributed by atoms with Crippen LogP contribution in [0.4, 0.5) is 0 Å². The Bertz CT molecular complexity index is 1060. The van der Waals surface area contributed by atoms with E-state index in [1.165, 1.54) is 47.6 Å². The van der Waals surface area contributed by atoms with Gasteiger partial charge in [0, 0.05) is 58.3 Å². The summed E-state index contributed by atoms with van der Waals surface area (Å²) >= 11 is 0. The zero-order chi connectivity index (χ0) is 31.7. The second-order valence-corrected chi connectivity index (χ2v) is 12.8. The molecule has 0 unspecified atom stereocenters. The van der Waals surface area contributed by atoms with Gasteiger partial charge < -0.3 is 28.8 Å². The molecule has 0 aromatic heterocycles. The summed E-state index contributed by atoms with van der Waals surface area (Å²) < 4.78 is 29.0. The number of esters is 5. The van der Waals surface area contributed by atoms with Crippen LogP contribution in [0.25, 0.3) is 0 Å². The maximum absolute atomic E-state index is 12.5. The summed E-state index contributed by atoms with van der Waals surface area (Å²) in [5.74, 6) is -4.05. The van der Waals surface area contributed by atoms with Crippen molar-refractivity contribution in [2.24, 2.45) is 22.7 Å². The highest BCUT2D eigenvalue weighted by atomic mass is 16.6. The topological polar surface area (TPSA) is 152 Å². The molecular weight excluding hydrogens is 536 g/mol. The van der Waals surface area contributed by atoms with Gasteiger partial charge in [-0.15, -0.1) is 6.58 Å². The lowest BCUT2D eigenvalue weighted by Crippen LogP contribution is -2.70. The van der Waals surface area contributed by atoms with Gasteiger partial charge in [0.1, 0.15) is 35.6 Å². The lowest BCUT2D eigenvalue weighted by molar-refractivity contribution is -0.276. The summed E-state index contributed by atoms with van der Waals surface area (Å²) in [6.07, 6.45) is -2.19. The number of aliphatic hydroxyl groups is 1. The molecule has 0 aromatic rings. The lowest BCUT2D eigenvalue weighted by atomic mass is 9.42. The lowest BCUT2D eigenvalue weighted by Gasteiger charge is -2.66. The number of hydrogen-bond donors (Lipinski definition) is 1. The Morgan fingerprint density at radius 1 is 0.854 bits per heavy atom. The van der Waals surface area contributed by atoms with Crippen LogP contribution in [0.1, 0.15) is 88.5 Å². The summed E-state index contributed by atoms with van der Waals surface area (Å²) in [6.45, 7) is 18.8. The Morgan fingerprint density at radius 2 is 1.37 bits per heavy atom. The van der Waals surface area contributed by atoms with E-state index in [1.54, 1.807) is 6.92 Å². The number of fused-ring (bicyclic) bond motifs is 1. The minimum atomic E-state index is -1.65. The van der Waals surface area contributed by atoms with Crippen molar-refractivity contribution < 1.29 is 52.8 Å². The highest BCUT2D eigenvalue weighted by Gasteiger charge is 2.69. The van der Waals surface area contributed by atoms with E-state index in [4.69, 9.17) is 23.7 Å². The fourth-order valence-corrected chi connectivity index (χ4v) is 7.75. The molecule has 0 spiro atoms. The fourth-order valence-electron chi connectivity index (χ4n) is 7.75. The van der Waals surface area contributed by atoms with Gasteiger partial charge in [0.25, 0.3) is 0 Å². The predicted molar refractivity (Wildman–Crippen MR) is 146 cm³/mol. The van der Waals surface area contributed by atoms with E-state index in [0.29, 0.717) is 0 Å². The van der Waals surface area contributed by atoms with Gasteiger partial charge >= 0.3 is 29.8 Å². The van der Waals surface area contributed by atoms with Crippen LogP contribution in [0.15, 0.2) is 12.7 Å². The maximum atomic E-state index is 12.5. The molecule has 41 heavy (non-hydrogen) atoms. The van der Waals surface area contributed by atoms with Crippen molar-refractivity contribution in [3.8, 4) is 0 Å². The average Bonchev–Trinajstić information content (AvgIpc) is 2.76. The monoisotopic (exact) mass is 582 g/mol. The molecule has 11 heteroatoms. The zero-order valence-electron chi connectivity index (χ0n) is 25.9. The van der Waals surface area contributed by atoms with Crippen molar-refractivity contribution in [2.75, 3.05) is 0 Å². The smallest absolute Gasteiger partial charge is 0.303 e. The number of carbonyl (C=O) groups is 5. The van der Waals surface area contributed by atoms with Gasteiger partial charge in [0.05, 0.1) is 0 Å². The minimum absolute atomic E-state index is 0.0171. The van der Waals surface area contributed by atoms with Crippen LogP contribution in [0.3, 0.4) is 0 Å². The molecule has 0 radical (unpaired) electrons. The molecule has 1 N–H and O–H groups in total. The molecule has 2 rings (SSSR count). The van der Waals surface area contributed by atoms with Crippen molar-refractivity contribution in [2.45, 2.75) is 124 Å². The Kier molecular flexibility index (Phi) is 10.1. The van der Waals surface area contributed by atoms with Crippen LogP contribution >= 0.6 is 0 Å². The Morgan fingerprint density at radius 3 is 1.80 bits per heavy atom. The molecule has 11 nitrogen and oxygen atoms in total. The van der Waals surface area contributed by atoms with Crippen molar-refractivity contribution in [3.05, 3.63) is 12.7 Å². The second-order valence-electron chi connectivity index (χ2n) is 12.8. The summed E-state index contributed by atoms with van der Waals surface area (Å²) in [5.41, 5.74) is -4.82. The Balaban J connectivity index is 2.89.